The monoisotopic (exact) mass is 487 g/mol. The van der Waals surface area contributed by atoms with Gasteiger partial charge in [0.1, 0.15) is 5.75 Å². The first-order valence-electron chi connectivity index (χ1n) is 10.4. The molecule has 2 aromatic carbocycles. The quantitative estimate of drug-likeness (QED) is 0.480. The van der Waals surface area contributed by atoms with Crippen molar-refractivity contribution < 1.29 is 18.3 Å². The number of fused-ring (bicyclic) bond motifs is 1. The Morgan fingerprint density at radius 1 is 1.16 bits per heavy atom. The SMILES string of the molecule is COc1cc2c(cc1C[C@@H]1CCCN(N)[C@@H]1c1ccccc1)N(C(F)F)C(=O)CC2.Cl.Cl. The van der Waals surface area contributed by atoms with E-state index in [1.54, 1.807) is 13.2 Å². The number of alkyl halides is 2. The number of benzene rings is 2. The van der Waals surface area contributed by atoms with Crippen LogP contribution in [0.4, 0.5) is 14.5 Å². The standard InChI is InChI=1S/C23H27F2N3O2.2ClH/c1-30-20-14-16-9-10-21(29)28(23(24)25)19(16)13-18(20)12-17-8-5-11-27(26)22(17)15-6-3-2-4-7-15;;/h2-4,6-7,13-14,17,22-23H,5,8-12,26H2,1H3;2*1H/t17-,22+;;/m0../s1. The predicted molar refractivity (Wildman–Crippen MR) is 126 cm³/mol. The molecule has 1 fully saturated rings. The van der Waals surface area contributed by atoms with Crippen LogP contribution in [0.25, 0.3) is 0 Å². The third-order valence-electron chi connectivity index (χ3n) is 6.23. The van der Waals surface area contributed by atoms with E-state index >= 15 is 0 Å². The second-order valence-corrected chi connectivity index (χ2v) is 8.03. The summed E-state index contributed by atoms with van der Waals surface area (Å²) in [6.07, 6.45) is 3.11. The molecule has 2 N–H and O–H groups in total. The van der Waals surface area contributed by atoms with Gasteiger partial charge in [0, 0.05) is 13.0 Å². The lowest BCUT2D eigenvalue weighted by atomic mass is 9.81. The Bertz CT molecular complexity index is 918. The van der Waals surface area contributed by atoms with Crippen LogP contribution >= 0.6 is 24.8 Å². The largest absolute Gasteiger partial charge is 0.496 e. The first-order valence-corrected chi connectivity index (χ1v) is 10.4. The minimum Gasteiger partial charge on any atom is -0.496 e. The molecule has 2 aromatic rings. The number of ether oxygens (including phenoxy) is 1. The number of halogens is 4. The fourth-order valence-electron chi connectivity index (χ4n) is 4.85. The van der Waals surface area contributed by atoms with E-state index in [2.05, 4.69) is 12.1 Å². The van der Waals surface area contributed by atoms with Gasteiger partial charge in [-0.05, 0) is 60.4 Å². The van der Waals surface area contributed by atoms with Crippen molar-refractivity contribution in [1.29, 1.82) is 0 Å². The van der Waals surface area contributed by atoms with E-state index in [1.165, 1.54) is 0 Å². The minimum absolute atomic E-state index is 0. The maximum atomic E-state index is 13.6. The summed E-state index contributed by atoms with van der Waals surface area (Å²) in [6, 6.07) is 13.7. The van der Waals surface area contributed by atoms with Gasteiger partial charge in [0.2, 0.25) is 5.91 Å². The average molecular weight is 488 g/mol. The summed E-state index contributed by atoms with van der Waals surface area (Å²) in [5, 5.41) is 1.88. The van der Waals surface area contributed by atoms with Crippen LogP contribution in [0.2, 0.25) is 0 Å². The van der Waals surface area contributed by atoms with Gasteiger partial charge in [0.05, 0.1) is 18.8 Å². The lowest BCUT2D eigenvalue weighted by Crippen LogP contribution is -2.44. The lowest BCUT2D eigenvalue weighted by molar-refractivity contribution is -0.121. The lowest BCUT2D eigenvalue weighted by Gasteiger charge is -2.39. The van der Waals surface area contributed by atoms with Crippen molar-refractivity contribution in [2.75, 3.05) is 18.6 Å². The molecule has 0 radical (unpaired) electrons. The van der Waals surface area contributed by atoms with Gasteiger partial charge >= 0.3 is 6.55 Å². The highest BCUT2D eigenvalue weighted by atomic mass is 35.5. The number of methoxy groups -OCH3 is 1. The fourth-order valence-corrected chi connectivity index (χ4v) is 4.85. The number of nitrogens with zero attached hydrogens (tertiary/aromatic N) is 2. The number of piperidine rings is 1. The molecule has 2 aliphatic rings. The van der Waals surface area contributed by atoms with E-state index in [-0.39, 0.29) is 43.2 Å². The molecule has 0 bridgehead atoms. The summed E-state index contributed by atoms with van der Waals surface area (Å²) in [4.78, 5) is 12.7. The molecule has 2 aliphatic heterocycles. The Hall–Kier alpha value is -1.93. The molecular weight excluding hydrogens is 459 g/mol. The second-order valence-electron chi connectivity index (χ2n) is 8.03. The predicted octanol–water partition coefficient (Wildman–Crippen LogP) is 4.91. The summed E-state index contributed by atoms with van der Waals surface area (Å²) >= 11 is 0. The van der Waals surface area contributed by atoms with Crippen LogP contribution in [-0.4, -0.2) is 31.1 Å². The zero-order valence-electron chi connectivity index (χ0n) is 17.9. The maximum absolute atomic E-state index is 13.6. The van der Waals surface area contributed by atoms with Gasteiger partial charge in [-0.2, -0.15) is 8.78 Å². The zero-order chi connectivity index (χ0) is 21.3. The Kier molecular flexibility index (Phi) is 9.28. The molecule has 176 valence electrons. The number of hydrogen-bond acceptors (Lipinski definition) is 4. The molecule has 0 unspecified atom stereocenters. The van der Waals surface area contributed by atoms with Crippen LogP contribution in [0.3, 0.4) is 0 Å². The number of anilines is 1. The fraction of sp³-hybridized carbons (Fsp3) is 0.435. The molecular formula is C23H29Cl2F2N3O2. The van der Waals surface area contributed by atoms with E-state index in [1.807, 2.05) is 29.3 Å². The van der Waals surface area contributed by atoms with E-state index in [0.29, 0.717) is 29.2 Å². The summed E-state index contributed by atoms with van der Waals surface area (Å²) < 4.78 is 32.8. The number of hydrogen-bond donors (Lipinski definition) is 1. The van der Waals surface area contributed by atoms with Crippen LogP contribution in [0, 0.1) is 5.92 Å². The number of aryl methyl sites for hydroxylation is 1. The third-order valence-corrected chi connectivity index (χ3v) is 6.23. The van der Waals surface area contributed by atoms with Crippen molar-refractivity contribution in [1.82, 2.24) is 5.01 Å². The van der Waals surface area contributed by atoms with Crippen molar-refractivity contribution in [2.45, 2.75) is 44.7 Å². The Morgan fingerprint density at radius 2 is 1.88 bits per heavy atom. The molecule has 1 amide bonds. The van der Waals surface area contributed by atoms with Crippen LogP contribution in [0.15, 0.2) is 42.5 Å². The van der Waals surface area contributed by atoms with Gasteiger partial charge in [0.15, 0.2) is 0 Å². The number of carbonyl (C=O) groups excluding carboxylic acids is 1. The number of carbonyl (C=O) groups is 1. The molecule has 0 saturated carbocycles. The van der Waals surface area contributed by atoms with E-state index < -0.39 is 12.5 Å². The topological polar surface area (TPSA) is 58.8 Å². The van der Waals surface area contributed by atoms with Crippen LogP contribution in [0.1, 0.15) is 42.0 Å². The van der Waals surface area contributed by atoms with E-state index in [0.717, 1.165) is 36.1 Å². The molecule has 9 heteroatoms. The maximum Gasteiger partial charge on any atom is 0.321 e. The Morgan fingerprint density at radius 3 is 2.53 bits per heavy atom. The summed E-state index contributed by atoms with van der Waals surface area (Å²) in [5.41, 5.74) is 3.00. The first kappa shape index (κ1) is 26.3. The third kappa shape index (κ3) is 5.17. The molecule has 0 aromatic heterocycles. The number of amides is 1. The van der Waals surface area contributed by atoms with Crippen molar-refractivity contribution in [2.24, 2.45) is 11.8 Å². The second kappa shape index (κ2) is 11.3. The molecule has 32 heavy (non-hydrogen) atoms. The van der Waals surface area contributed by atoms with Crippen molar-refractivity contribution >= 4 is 36.4 Å². The molecule has 0 spiro atoms. The Labute approximate surface area is 199 Å². The molecule has 2 atom stereocenters. The van der Waals surface area contributed by atoms with Gasteiger partial charge in [-0.1, -0.05) is 30.3 Å². The zero-order valence-corrected chi connectivity index (χ0v) is 19.5. The minimum atomic E-state index is -2.86. The number of hydrazine groups is 1. The van der Waals surface area contributed by atoms with Crippen molar-refractivity contribution in [3.05, 3.63) is 59.2 Å². The summed E-state index contributed by atoms with van der Waals surface area (Å²) in [7, 11) is 1.59. The molecule has 4 rings (SSSR count). The highest BCUT2D eigenvalue weighted by molar-refractivity contribution is 5.96. The first-order chi connectivity index (χ1) is 14.5. The Balaban J connectivity index is 0.00000181. The van der Waals surface area contributed by atoms with Crippen LogP contribution in [0.5, 0.6) is 5.75 Å². The van der Waals surface area contributed by atoms with Gasteiger partial charge in [-0.25, -0.2) is 5.01 Å². The highest BCUT2D eigenvalue weighted by Crippen LogP contribution is 2.41. The molecule has 5 nitrogen and oxygen atoms in total. The van der Waals surface area contributed by atoms with Crippen molar-refractivity contribution in [3.63, 3.8) is 0 Å². The molecule has 2 heterocycles. The number of nitrogens with two attached hydrogens (primary N) is 1. The van der Waals surface area contributed by atoms with Crippen LogP contribution in [-0.2, 0) is 17.6 Å². The van der Waals surface area contributed by atoms with Gasteiger partial charge in [-0.15, -0.1) is 24.8 Å². The van der Waals surface area contributed by atoms with Gasteiger partial charge < -0.3 is 4.74 Å². The summed E-state index contributed by atoms with van der Waals surface area (Å²) in [5.74, 6) is 6.71. The van der Waals surface area contributed by atoms with Crippen LogP contribution < -0.4 is 15.5 Å². The van der Waals surface area contributed by atoms with E-state index in [4.69, 9.17) is 10.6 Å². The average Bonchev–Trinajstić information content (AvgIpc) is 2.73. The van der Waals surface area contributed by atoms with Crippen molar-refractivity contribution in [3.8, 4) is 5.75 Å². The normalized spacial score (nSPS) is 20.9. The number of rotatable bonds is 5. The smallest absolute Gasteiger partial charge is 0.321 e. The molecule has 0 aliphatic carbocycles. The van der Waals surface area contributed by atoms with Gasteiger partial charge in [0.25, 0.3) is 0 Å². The molecule has 1 saturated heterocycles. The summed E-state index contributed by atoms with van der Waals surface area (Å²) in [6.45, 7) is -2.05. The van der Waals surface area contributed by atoms with E-state index in [9.17, 15) is 13.6 Å². The highest BCUT2D eigenvalue weighted by Gasteiger charge is 2.34. The van der Waals surface area contributed by atoms with Gasteiger partial charge in [-0.3, -0.25) is 15.5 Å².